The minimum Gasteiger partial charge on any atom is -0.493 e. The van der Waals surface area contributed by atoms with Crippen LogP contribution in [-0.2, 0) is 9.71 Å². The van der Waals surface area contributed by atoms with Crippen LogP contribution >= 0.6 is 0 Å². The van der Waals surface area contributed by atoms with Gasteiger partial charge in [-0.1, -0.05) is 0 Å². The Balaban J connectivity index is 2.01. The maximum absolute atomic E-state index is 14.4. The molecule has 0 spiro atoms. The Morgan fingerprint density at radius 2 is 1.93 bits per heavy atom. The maximum Gasteiger partial charge on any atom is 0.227 e. The van der Waals surface area contributed by atoms with Crippen molar-refractivity contribution in [3.8, 4) is 17.0 Å². The van der Waals surface area contributed by atoms with Gasteiger partial charge in [0.25, 0.3) is 0 Å². The number of nitrogens with zero attached hydrogens (tertiary/aromatic N) is 2. The number of anilines is 2. The van der Waals surface area contributed by atoms with Gasteiger partial charge in [0.05, 0.1) is 12.8 Å². The van der Waals surface area contributed by atoms with Gasteiger partial charge >= 0.3 is 0 Å². The van der Waals surface area contributed by atoms with Gasteiger partial charge in [-0.3, -0.25) is 9.35 Å². The molecule has 1 aromatic heterocycles. The van der Waals surface area contributed by atoms with Gasteiger partial charge < -0.3 is 10.1 Å². The minimum absolute atomic E-state index is 0.0281. The number of benzene rings is 2. The molecule has 10 heteroatoms. The van der Waals surface area contributed by atoms with E-state index in [4.69, 9.17) is 9.88 Å². The zero-order chi connectivity index (χ0) is 21.9. The fourth-order valence-corrected chi connectivity index (χ4v) is 3.41. The highest BCUT2D eigenvalue weighted by Gasteiger charge is 2.16. The molecule has 0 aliphatic carbocycles. The van der Waals surface area contributed by atoms with Crippen molar-refractivity contribution in [3.63, 3.8) is 0 Å². The van der Waals surface area contributed by atoms with E-state index in [9.17, 15) is 17.4 Å². The van der Waals surface area contributed by atoms with E-state index in [-0.39, 0.29) is 35.2 Å². The van der Waals surface area contributed by atoms with E-state index < -0.39 is 27.2 Å². The van der Waals surface area contributed by atoms with Crippen molar-refractivity contribution < 1.29 is 22.1 Å². The van der Waals surface area contributed by atoms with Crippen molar-refractivity contribution in [2.45, 2.75) is 6.92 Å². The van der Waals surface area contributed by atoms with Gasteiger partial charge in [0.15, 0.2) is 5.82 Å². The molecule has 0 amide bonds. The second kappa shape index (κ2) is 8.72. The van der Waals surface area contributed by atoms with Crippen LogP contribution in [0.5, 0.6) is 5.75 Å². The molecule has 3 aromatic rings. The first-order valence-corrected chi connectivity index (χ1v) is 10.9. The summed E-state index contributed by atoms with van der Waals surface area (Å²) in [6.45, 7) is 1.96. The van der Waals surface area contributed by atoms with E-state index in [0.717, 1.165) is 18.3 Å². The first kappa shape index (κ1) is 21.6. The standard InChI is InChI=1S/C20H19F3N4O2S/c1-3-29-18-9-13(21)4-5-16(18)19-17(23)10-25-20(27-19)26-15-7-12(6-14(22)8-15)11-30(2,24)28/h4-11H,3H2,1-2H3,(H2,24,28)(H,25,26,27). The average molecular weight is 436 g/mol. The van der Waals surface area contributed by atoms with Crippen molar-refractivity contribution in [2.75, 3.05) is 18.2 Å². The lowest BCUT2D eigenvalue weighted by atomic mass is 10.1. The summed E-state index contributed by atoms with van der Waals surface area (Å²) in [5.41, 5.74) is 0.666. The lowest BCUT2D eigenvalue weighted by Gasteiger charge is -2.12. The summed E-state index contributed by atoms with van der Waals surface area (Å²) in [7, 11) is -2.74. The van der Waals surface area contributed by atoms with Gasteiger partial charge in [-0.15, -0.1) is 0 Å². The zero-order valence-electron chi connectivity index (χ0n) is 16.2. The summed E-state index contributed by atoms with van der Waals surface area (Å²) in [6.07, 6.45) is 2.26. The predicted molar refractivity (Wildman–Crippen MR) is 112 cm³/mol. The summed E-state index contributed by atoms with van der Waals surface area (Å²) >= 11 is 0. The molecule has 2 aromatic carbocycles. The van der Waals surface area contributed by atoms with E-state index in [1.807, 2.05) is 0 Å². The smallest absolute Gasteiger partial charge is 0.227 e. The predicted octanol–water partition coefficient (Wildman–Crippen LogP) is 3.64. The van der Waals surface area contributed by atoms with Crippen LogP contribution in [0.1, 0.15) is 12.5 Å². The van der Waals surface area contributed by atoms with Crippen LogP contribution < -0.4 is 15.2 Å². The number of ether oxygens (including phenoxy) is 1. The van der Waals surface area contributed by atoms with Crippen molar-refractivity contribution >= 4 is 26.7 Å². The molecule has 0 bridgehead atoms. The molecule has 3 rings (SSSR count). The number of hydrogen-bond acceptors (Lipinski definition) is 5. The third-order valence-electron chi connectivity index (χ3n) is 3.79. The van der Waals surface area contributed by atoms with Gasteiger partial charge in [-0.05, 0) is 42.8 Å². The number of nitrogens with two attached hydrogens (primary N) is 1. The summed E-state index contributed by atoms with van der Waals surface area (Å²) < 4.78 is 59.1. The van der Waals surface area contributed by atoms with Crippen LogP contribution in [0.4, 0.5) is 24.8 Å². The number of aromatic nitrogens is 2. The molecule has 6 nitrogen and oxygen atoms in total. The van der Waals surface area contributed by atoms with Crippen LogP contribution in [0.2, 0.25) is 0 Å². The Kier molecular flexibility index (Phi) is 6.28. The number of hydrogen-bond donors (Lipinski definition) is 2. The highest BCUT2D eigenvalue weighted by molar-refractivity contribution is 7.98. The van der Waals surface area contributed by atoms with Gasteiger partial charge in [0.1, 0.15) is 23.1 Å². The highest BCUT2D eigenvalue weighted by Crippen LogP contribution is 2.32. The quantitative estimate of drug-likeness (QED) is 0.576. The SMILES string of the molecule is CCOc1cc(F)ccc1-c1nc(Nc2cc(F)cc(C=S(C)(N)=O)c2)ncc1F. The summed E-state index contributed by atoms with van der Waals surface area (Å²) in [6, 6.07) is 7.48. The summed E-state index contributed by atoms with van der Waals surface area (Å²) in [5.74, 6) is -1.78. The first-order valence-electron chi connectivity index (χ1n) is 8.79. The Morgan fingerprint density at radius 1 is 1.17 bits per heavy atom. The molecule has 0 aliphatic heterocycles. The van der Waals surface area contributed by atoms with E-state index >= 15 is 0 Å². The fraction of sp³-hybridized carbons (Fsp3) is 0.150. The number of rotatable bonds is 6. The lowest BCUT2D eigenvalue weighted by Crippen LogP contribution is -2.13. The zero-order valence-corrected chi connectivity index (χ0v) is 17.0. The van der Waals surface area contributed by atoms with Crippen LogP contribution in [0.3, 0.4) is 0 Å². The van der Waals surface area contributed by atoms with Gasteiger partial charge in [0.2, 0.25) is 5.95 Å². The summed E-state index contributed by atoms with van der Waals surface area (Å²) in [4.78, 5) is 7.99. The molecule has 1 atom stereocenters. The topological polar surface area (TPSA) is 90.1 Å². The van der Waals surface area contributed by atoms with E-state index in [1.165, 1.54) is 35.9 Å². The van der Waals surface area contributed by atoms with Crippen molar-refractivity contribution in [3.05, 3.63) is 65.6 Å². The normalized spacial score (nSPS) is 12.9. The molecule has 3 N–H and O–H groups in total. The van der Waals surface area contributed by atoms with E-state index in [0.29, 0.717) is 5.56 Å². The highest BCUT2D eigenvalue weighted by atomic mass is 32.2. The third kappa shape index (κ3) is 5.49. The van der Waals surface area contributed by atoms with E-state index in [2.05, 4.69) is 15.3 Å². The Morgan fingerprint density at radius 3 is 2.63 bits per heavy atom. The fourth-order valence-electron chi connectivity index (χ4n) is 2.73. The monoisotopic (exact) mass is 436 g/mol. The molecule has 0 aliphatic rings. The molecule has 0 saturated carbocycles. The van der Waals surface area contributed by atoms with Crippen molar-refractivity contribution in [1.29, 1.82) is 0 Å². The van der Waals surface area contributed by atoms with Crippen LogP contribution in [0.25, 0.3) is 11.3 Å². The number of halogens is 3. The minimum atomic E-state index is -2.74. The van der Waals surface area contributed by atoms with E-state index in [1.54, 1.807) is 6.92 Å². The van der Waals surface area contributed by atoms with Crippen LogP contribution in [0, 0.1) is 17.5 Å². The molecule has 0 fully saturated rings. The van der Waals surface area contributed by atoms with Crippen molar-refractivity contribution in [2.24, 2.45) is 5.14 Å². The molecule has 158 valence electrons. The summed E-state index contributed by atoms with van der Waals surface area (Å²) in [5, 5.41) is 9.51. The van der Waals surface area contributed by atoms with Gasteiger partial charge in [0, 0.05) is 38.6 Å². The molecule has 1 heterocycles. The average Bonchev–Trinajstić information content (AvgIpc) is 2.62. The lowest BCUT2D eigenvalue weighted by molar-refractivity contribution is 0.339. The molecule has 0 radical (unpaired) electrons. The Bertz CT molecular complexity index is 1200. The molecule has 1 unspecified atom stereocenters. The Hall–Kier alpha value is -3.11. The first-order chi connectivity index (χ1) is 14.1. The van der Waals surface area contributed by atoms with Crippen LogP contribution in [-0.4, -0.2) is 32.4 Å². The third-order valence-corrected chi connectivity index (χ3v) is 4.53. The molecular formula is C20H19F3N4O2S. The largest absolute Gasteiger partial charge is 0.493 e. The molecule has 30 heavy (non-hydrogen) atoms. The second-order valence-corrected chi connectivity index (χ2v) is 8.62. The maximum atomic E-state index is 14.4. The van der Waals surface area contributed by atoms with Gasteiger partial charge in [-0.2, -0.15) is 0 Å². The number of nitrogens with one attached hydrogen (secondary N) is 1. The Labute approximate surface area is 172 Å². The second-order valence-electron chi connectivity index (χ2n) is 6.45. The van der Waals surface area contributed by atoms with Gasteiger partial charge in [-0.25, -0.2) is 23.1 Å². The molecule has 0 saturated heterocycles. The van der Waals surface area contributed by atoms with Crippen molar-refractivity contribution in [1.82, 2.24) is 9.97 Å². The molecular weight excluding hydrogens is 417 g/mol. The van der Waals surface area contributed by atoms with Crippen LogP contribution in [0.15, 0.2) is 42.6 Å².